The molecule has 0 spiro atoms. The molecule has 11 heavy (non-hydrogen) atoms. The average molecular weight is 163 g/mol. The zero-order valence-corrected chi connectivity index (χ0v) is 7.18. The maximum Gasteiger partial charge on any atom is 0.114 e. The molecule has 0 aliphatic heterocycles. The highest BCUT2D eigenvalue weighted by molar-refractivity contribution is 7.80. The maximum atomic E-state index is 8.53. The van der Waals surface area contributed by atoms with Crippen LogP contribution in [0.15, 0.2) is 24.3 Å². The lowest BCUT2D eigenvalue weighted by molar-refractivity contribution is 1.23. The minimum Gasteiger partial charge on any atom is -0.197 e. The molecule has 0 fully saturated rings. The van der Waals surface area contributed by atoms with Crippen molar-refractivity contribution in [2.45, 2.75) is 12.2 Å². The van der Waals surface area contributed by atoms with E-state index in [1.807, 2.05) is 31.2 Å². The molecule has 1 nitrogen and oxygen atoms in total. The third-order valence-corrected chi connectivity index (χ3v) is 1.93. The number of nitriles is 1. The number of benzene rings is 1. The van der Waals surface area contributed by atoms with Gasteiger partial charge in [-0.15, -0.1) is 0 Å². The van der Waals surface area contributed by atoms with Crippen LogP contribution >= 0.6 is 12.6 Å². The highest BCUT2D eigenvalue weighted by Crippen LogP contribution is 2.18. The Bertz CT molecular complexity index is 271. The summed E-state index contributed by atoms with van der Waals surface area (Å²) in [5.41, 5.74) is 2.16. The van der Waals surface area contributed by atoms with Gasteiger partial charge < -0.3 is 0 Å². The van der Waals surface area contributed by atoms with Crippen LogP contribution in [0.2, 0.25) is 0 Å². The van der Waals surface area contributed by atoms with Gasteiger partial charge in [0.05, 0.1) is 6.07 Å². The summed E-state index contributed by atoms with van der Waals surface area (Å²) in [7, 11) is 0. The van der Waals surface area contributed by atoms with Gasteiger partial charge in [-0.3, -0.25) is 0 Å². The quantitative estimate of drug-likeness (QED) is 0.632. The fourth-order valence-corrected chi connectivity index (χ4v) is 0.995. The molecule has 0 radical (unpaired) electrons. The Morgan fingerprint density at radius 2 is 1.91 bits per heavy atom. The van der Waals surface area contributed by atoms with Gasteiger partial charge in [-0.1, -0.05) is 29.8 Å². The van der Waals surface area contributed by atoms with Gasteiger partial charge in [0.1, 0.15) is 5.25 Å². The van der Waals surface area contributed by atoms with Crippen LogP contribution in [0.1, 0.15) is 16.4 Å². The lowest BCUT2D eigenvalue weighted by atomic mass is 10.1. The molecule has 2 heteroatoms. The van der Waals surface area contributed by atoms with Crippen molar-refractivity contribution in [3.8, 4) is 6.07 Å². The van der Waals surface area contributed by atoms with Crippen LogP contribution in [0, 0.1) is 18.3 Å². The van der Waals surface area contributed by atoms with Crippen molar-refractivity contribution in [2.75, 3.05) is 0 Å². The van der Waals surface area contributed by atoms with E-state index in [0.717, 1.165) is 5.56 Å². The van der Waals surface area contributed by atoms with Crippen LogP contribution in [-0.4, -0.2) is 0 Å². The molecule has 56 valence electrons. The Morgan fingerprint density at radius 1 is 1.36 bits per heavy atom. The first-order chi connectivity index (χ1) is 5.24. The summed E-state index contributed by atoms with van der Waals surface area (Å²) in [6, 6.07) is 9.88. The monoisotopic (exact) mass is 163 g/mol. The van der Waals surface area contributed by atoms with Crippen molar-refractivity contribution in [1.29, 1.82) is 5.26 Å². The molecular formula is C9H9NS. The number of rotatable bonds is 1. The van der Waals surface area contributed by atoms with E-state index in [4.69, 9.17) is 5.26 Å². The topological polar surface area (TPSA) is 23.8 Å². The number of thiol groups is 1. The molecule has 0 aliphatic rings. The molecule has 0 bridgehead atoms. The third kappa shape index (κ3) is 1.99. The molecule has 0 unspecified atom stereocenters. The summed E-state index contributed by atoms with van der Waals surface area (Å²) in [4.78, 5) is 0. The zero-order chi connectivity index (χ0) is 8.27. The van der Waals surface area contributed by atoms with Gasteiger partial charge in [0.15, 0.2) is 0 Å². The normalized spacial score (nSPS) is 12.1. The van der Waals surface area contributed by atoms with Crippen molar-refractivity contribution < 1.29 is 0 Å². The molecule has 1 aromatic carbocycles. The van der Waals surface area contributed by atoms with E-state index in [1.54, 1.807) is 0 Å². The molecule has 0 saturated carbocycles. The first kappa shape index (κ1) is 8.16. The summed E-state index contributed by atoms with van der Waals surface area (Å²) in [5.74, 6) is 0. The Hall–Kier alpha value is -0.940. The van der Waals surface area contributed by atoms with Gasteiger partial charge in [0.25, 0.3) is 0 Å². The highest BCUT2D eigenvalue weighted by atomic mass is 32.1. The van der Waals surface area contributed by atoms with Gasteiger partial charge in [-0.25, -0.2) is 0 Å². The SMILES string of the molecule is Cc1ccc([C@@H](S)C#N)cc1. The summed E-state index contributed by atoms with van der Waals surface area (Å²) in [6.45, 7) is 2.02. The van der Waals surface area contributed by atoms with E-state index in [0.29, 0.717) is 0 Å². The molecule has 0 aromatic heterocycles. The largest absolute Gasteiger partial charge is 0.197 e. The fraction of sp³-hybridized carbons (Fsp3) is 0.222. The lowest BCUT2D eigenvalue weighted by Gasteiger charge is -2.00. The Balaban J connectivity index is 2.92. The first-order valence-corrected chi connectivity index (χ1v) is 3.90. The molecule has 1 rings (SSSR count). The van der Waals surface area contributed by atoms with Crippen LogP contribution in [0.4, 0.5) is 0 Å². The van der Waals surface area contributed by atoms with Crippen LogP contribution in [0.25, 0.3) is 0 Å². The predicted molar refractivity (Wildman–Crippen MR) is 48.5 cm³/mol. The van der Waals surface area contributed by atoms with Crippen molar-refractivity contribution in [2.24, 2.45) is 0 Å². The molecule has 0 amide bonds. The predicted octanol–water partition coefficient (Wildman–Crippen LogP) is 2.49. The highest BCUT2D eigenvalue weighted by Gasteiger charge is 2.01. The number of hydrogen-bond acceptors (Lipinski definition) is 2. The summed E-state index contributed by atoms with van der Waals surface area (Å²) in [6.07, 6.45) is 0. The van der Waals surface area contributed by atoms with Crippen LogP contribution in [0.3, 0.4) is 0 Å². The number of nitrogens with zero attached hydrogens (tertiary/aromatic N) is 1. The van der Waals surface area contributed by atoms with Crippen molar-refractivity contribution in [1.82, 2.24) is 0 Å². The molecular weight excluding hydrogens is 154 g/mol. The lowest BCUT2D eigenvalue weighted by Crippen LogP contribution is -1.85. The summed E-state index contributed by atoms with van der Waals surface area (Å²) >= 11 is 4.09. The molecule has 1 aromatic rings. The van der Waals surface area contributed by atoms with Crippen LogP contribution in [-0.2, 0) is 0 Å². The summed E-state index contributed by atoms with van der Waals surface area (Å²) < 4.78 is 0. The van der Waals surface area contributed by atoms with E-state index < -0.39 is 0 Å². The molecule has 1 atom stereocenters. The van der Waals surface area contributed by atoms with E-state index in [2.05, 4.69) is 18.7 Å². The van der Waals surface area contributed by atoms with Crippen molar-refractivity contribution >= 4 is 12.6 Å². The van der Waals surface area contributed by atoms with Gasteiger partial charge in [-0.2, -0.15) is 17.9 Å². The van der Waals surface area contributed by atoms with E-state index in [-0.39, 0.29) is 5.25 Å². The maximum absolute atomic E-state index is 8.53. The molecule has 0 N–H and O–H groups in total. The second kappa shape index (κ2) is 3.45. The van der Waals surface area contributed by atoms with Crippen LogP contribution in [0.5, 0.6) is 0 Å². The first-order valence-electron chi connectivity index (χ1n) is 3.38. The molecule has 0 aliphatic carbocycles. The minimum absolute atomic E-state index is 0.296. The van der Waals surface area contributed by atoms with E-state index in [1.165, 1.54) is 5.56 Å². The summed E-state index contributed by atoms with van der Waals surface area (Å²) in [5, 5.41) is 8.24. The number of hydrogen-bond donors (Lipinski definition) is 1. The van der Waals surface area contributed by atoms with Gasteiger partial charge in [-0.05, 0) is 12.5 Å². The van der Waals surface area contributed by atoms with Crippen LogP contribution < -0.4 is 0 Å². The number of aryl methyl sites for hydroxylation is 1. The Kier molecular flexibility index (Phi) is 2.56. The second-order valence-corrected chi connectivity index (χ2v) is 2.96. The Morgan fingerprint density at radius 3 is 2.36 bits per heavy atom. The smallest absolute Gasteiger partial charge is 0.114 e. The standard InChI is InChI=1S/C9H9NS/c1-7-2-4-8(5-3-7)9(11)6-10/h2-5,9,11H,1H3/t9-/m0/s1. The average Bonchev–Trinajstić information content (AvgIpc) is 2.05. The van der Waals surface area contributed by atoms with Gasteiger partial charge >= 0.3 is 0 Å². The van der Waals surface area contributed by atoms with Crippen molar-refractivity contribution in [3.63, 3.8) is 0 Å². The molecule has 0 saturated heterocycles. The van der Waals surface area contributed by atoms with Gasteiger partial charge in [0, 0.05) is 0 Å². The minimum atomic E-state index is -0.296. The Labute approximate surface area is 72.1 Å². The van der Waals surface area contributed by atoms with E-state index >= 15 is 0 Å². The molecule has 0 heterocycles. The second-order valence-electron chi connectivity index (χ2n) is 2.44. The van der Waals surface area contributed by atoms with E-state index in [9.17, 15) is 0 Å². The van der Waals surface area contributed by atoms with Gasteiger partial charge in [0.2, 0.25) is 0 Å². The third-order valence-electron chi connectivity index (χ3n) is 1.52. The van der Waals surface area contributed by atoms with Crippen molar-refractivity contribution in [3.05, 3.63) is 35.4 Å². The fourth-order valence-electron chi connectivity index (χ4n) is 0.823. The zero-order valence-electron chi connectivity index (χ0n) is 6.28.